The third-order valence-corrected chi connectivity index (χ3v) is 5.40. The van der Waals surface area contributed by atoms with Gasteiger partial charge in [0.15, 0.2) is 0 Å². The van der Waals surface area contributed by atoms with E-state index in [1.807, 2.05) is 25.1 Å². The molecule has 0 unspecified atom stereocenters. The van der Waals surface area contributed by atoms with E-state index in [-0.39, 0.29) is 6.04 Å². The number of nitrogens with one attached hydrogen (secondary N) is 1. The van der Waals surface area contributed by atoms with E-state index >= 15 is 0 Å². The molecule has 1 aromatic carbocycles. The van der Waals surface area contributed by atoms with Crippen molar-refractivity contribution in [3.63, 3.8) is 0 Å². The van der Waals surface area contributed by atoms with Gasteiger partial charge in [-0.15, -0.1) is 21.5 Å². The van der Waals surface area contributed by atoms with Gasteiger partial charge in [-0.05, 0) is 26.7 Å². The van der Waals surface area contributed by atoms with Crippen LogP contribution in [0.4, 0.5) is 0 Å². The van der Waals surface area contributed by atoms with Crippen LogP contribution >= 0.6 is 11.3 Å². The van der Waals surface area contributed by atoms with Gasteiger partial charge in [0.05, 0.1) is 18.3 Å². The lowest BCUT2D eigenvalue weighted by atomic mass is 10.2. The summed E-state index contributed by atoms with van der Waals surface area (Å²) >= 11 is 1.70. The molecule has 0 saturated heterocycles. The quantitative estimate of drug-likeness (QED) is 0.740. The molecule has 1 aliphatic carbocycles. The molecule has 0 aliphatic heterocycles. The van der Waals surface area contributed by atoms with Gasteiger partial charge in [0, 0.05) is 17.0 Å². The number of thiazole rings is 1. The molecule has 1 aliphatic rings. The second-order valence-electron chi connectivity index (χ2n) is 6.30. The standard InChI is InChI=1S/C18H21N5S/c1-12(18-20-16(11-24-18)14-6-4-3-5-7-14)19-10-17-22-21-13(2)23(17)15-8-9-15/h3-7,11-12,15,19H,8-10H2,1-2H3/t12-/m0/s1. The zero-order valence-corrected chi connectivity index (χ0v) is 14.8. The molecular weight excluding hydrogens is 318 g/mol. The predicted octanol–water partition coefficient (Wildman–Crippen LogP) is 3.90. The van der Waals surface area contributed by atoms with Crippen LogP contribution in [0.15, 0.2) is 35.7 Å². The van der Waals surface area contributed by atoms with Gasteiger partial charge in [-0.1, -0.05) is 30.3 Å². The number of hydrogen-bond donors (Lipinski definition) is 1. The maximum Gasteiger partial charge on any atom is 0.147 e. The van der Waals surface area contributed by atoms with E-state index in [2.05, 4.69) is 44.5 Å². The summed E-state index contributed by atoms with van der Waals surface area (Å²) in [6.07, 6.45) is 2.49. The second kappa shape index (κ2) is 6.45. The number of hydrogen-bond acceptors (Lipinski definition) is 5. The molecule has 2 aromatic heterocycles. The Balaban J connectivity index is 1.44. The van der Waals surface area contributed by atoms with E-state index < -0.39 is 0 Å². The van der Waals surface area contributed by atoms with Crippen LogP contribution in [0.2, 0.25) is 0 Å². The van der Waals surface area contributed by atoms with Crippen molar-refractivity contribution in [3.8, 4) is 11.3 Å². The fourth-order valence-electron chi connectivity index (χ4n) is 2.90. The monoisotopic (exact) mass is 339 g/mol. The van der Waals surface area contributed by atoms with Gasteiger partial charge in [-0.2, -0.15) is 0 Å². The first-order valence-corrected chi connectivity index (χ1v) is 9.25. The summed E-state index contributed by atoms with van der Waals surface area (Å²) in [6.45, 7) is 4.91. The van der Waals surface area contributed by atoms with Gasteiger partial charge in [-0.3, -0.25) is 0 Å². The summed E-state index contributed by atoms with van der Waals surface area (Å²) in [5.74, 6) is 2.05. The highest BCUT2D eigenvalue weighted by molar-refractivity contribution is 7.10. The molecule has 6 heteroatoms. The summed E-state index contributed by atoms with van der Waals surface area (Å²) in [5, 5.41) is 15.3. The fraction of sp³-hybridized carbons (Fsp3) is 0.389. The number of aromatic nitrogens is 4. The molecule has 3 aromatic rings. The third-order valence-electron chi connectivity index (χ3n) is 4.38. The Morgan fingerprint density at radius 3 is 2.79 bits per heavy atom. The average molecular weight is 339 g/mol. The lowest BCUT2D eigenvalue weighted by Gasteiger charge is -2.12. The number of rotatable bonds is 6. The molecule has 5 nitrogen and oxygen atoms in total. The SMILES string of the molecule is Cc1nnc(CN[C@@H](C)c2nc(-c3ccccc3)cs2)n1C1CC1. The highest BCUT2D eigenvalue weighted by atomic mass is 32.1. The summed E-state index contributed by atoms with van der Waals surface area (Å²) in [4.78, 5) is 4.78. The smallest absolute Gasteiger partial charge is 0.147 e. The zero-order valence-electron chi connectivity index (χ0n) is 13.9. The first kappa shape index (κ1) is 15.5. The summed E-state index contributed by atoms with van der Waals surface area (Å²) in [5.41, 5.74) is 2.21. The summed E-state index contributed by atoms with van der Waals surface area (Å²) < 4.78 is 2.27. The second-order valence-corrected chi connectivity index (χ2v) is 7.19. The van der Waals surface area contributed by atoms with E-state index in [4.69, 9.17) is 4.98 Å². The number of aryl methyl sites for hydroxylation is 1. The van der Waals surface area contributed by atoms with Crippen molar-refractivity contribution in [2.75, 3.05) is 0 Å². The summed E-state index contributed by atoms with van der Waals surface area (Å²) in [6, 6.07) is 11.1. The van der Waals surface area contributed by atoms with Gasteiger partial charge in [-0.25, -0.2) is 4.98 Å². The lowest BCUT2D eigenvalue weighted by molar-refractivity contribution is 0.533. The molecule has 1 atom stereocenters. The molecule has 124 valence electrons. The highest BCUT2D eigenvalue weighted by Gasteiger charge is 2.28. The minimum Gasteiger partial charge on any atom is -0.311 e. The van der Waals surface area contributed by atoms with E-state index in [0.29, 0.717) is 6.04 Å². The van der Waals surface area contributed by atoms with Crippen LogP contribution in [0, 0.1) is 6.92 Å². The van der Waals surface area contributed by atoms with Gasteiger partial charge >= 0.3 is 0 Å². The number of nitrogens with zero attached hydrogens (tertiary/aromatic N) is 4. The number of benzene rings is 1. The molecule has 0 radical (unpaired) electrons. The van der Waals surface area contributed by atoms with Crippen molar-refractivity contribution in [1.29, 1.82) is 0 Å². The molecule has 1 fully saturated rings. The van der Waals surface area contributed by atoms with Crippen molar-refractivity contribution >= 4 is 11.3 Å². The van der Waals surface area contributed by atoms with E-state index in [9.17, 15) is 0 Å². The highest BCUT2D eigenvalue weighted by Crippen LogP contribution is 2.36. The van der Waals surface area contributed by atoms with Crippen molar-refractivity contribution in [2.45, 2.75) is 45.3 Å². The Bertz CT molecular complexity index is 819. The topological polar surface area (TPSA) is 55.6 Å². The van der Waals surface area contributed by atoms with Crippen molar-refractivity contribution in [3.05, 3.63) is 52.4 Å². The van der Waals surface area contributed by atoms with Gasteiger partial charge < -0.3 is 9.88 Å². The van der Waals surface area contributed by atoms with E-state index in [1.54, 1.807) is 11.3 Å². The van der Waals surface area contributed by atoms with Crippen LogP contribution < -0.4 is 5.32 Å². The van der Waals surface area contributed by atoms with E-state index in [1.165, 1.54) is 12.8 Å². The van der Waals surface area contributed by atoms with Crippen LogP contribution in [0.25, 0.3) is 11.3 Å². The summed E-state index contributed by atoms with van der Waals surface area (Å²) in [7, 11) is 0. The van der Waals surface area contributed by atoms with Gasteiger partial charge in [0.2, 0.25) is 0 Å². The Hall–Kier alpha value is -2.05. The van der Waals surface area contributed by atoms with E-state index in [0.717, 1.165) is 34.5 Å². The van der Waals surface area contributed by atoms with Crippen molar-refractivity contribution in [1.82, 2.24) is 25.1 Å². The first-order valence-electron chi connectivity index (χ1n) is 8.37. The Morgan fingerprint density at radius 1 is 1.25 bits per heavy atom. The van der Waals surface area contributed by atoms with Crippen molar-refractivity contribution in [2.24, 2.45) is 0 Å². The fourth-order valence-corrected chi connectivity index (χ4v) is 3.76. The molecule has 24 heavy (non-hydrogen) atoms. The Kier molecular flexibility index (Phi) is 4.16. The molecule has 2 heterocycles. The van der Waals surface area contributed by atoms with Gasteiger partial charge in [0.25, 0.3) is 0 Å². The van der Waals surface area contributed by atoms with Crippen LogP contribution in [-0.4, -0.2) is 19.7 Å². The molecule has 0 amide bonds. The minimum atomic E-state index is 0.192. The lowest BCUT2D eigenvalue weighted by Crippen LogP contribution is -2.20. The van der Waals surface area contributed by atoms with Crippen LogP contribution in [0.1, 0.15) is 48.5 Å². The Morgan fingerprint density at radius 2 is 2.04 bits per heavy atom. The molecule has 4 rings (SSSR count). The Labute approximate surface area is 145 Å². The van der Waals surface area contributed by atoms with Crippen molar-refractivity contribution < 1.29 is 0 Å². The van der Waals surface area contributed by atoms with Crippen LogP contribution in [-0.2, 0) is 6.54 Å². The van der Waals surface area contributed by atoms with Gasteiger partial charge in [0.1, 0.15) is 16.7 Å². The van der Waals surface area contributed by atoms with Crippen LogP contribution in [0.5, 0.6) is 0 Å². The maximum absolute atomic E-state index is 4.78. The maximum atomic E-state index is 4.78. The molecule has 0 bridgehead atoms. The largest absolute Gasteiger partial charge is 0.311 e. The molecule has 1 saturated carbocycles. The molecule has 1 N–H and O–H groups in total. The molecule has 0 spiro atoms. The predicted molar refractivity (Wildman–Crippen MR) is 95.8 cm³/mol. The average Bonchev–Trinajstić information content (AvgIpc) is 3.19. The van der Waals surface area contributed by atoms with Crippen LogP contribution in [0.3, 0.4) is 0 Å². The third kappa shape index (κ3) is 3.12. The zero-order chi connectivity index (χ0) is 16.5. The minimum absolute atomic E-state index is 0.192. The molecular formula is C18H21N5S. The first-order chi connectivity index (χ1) is 11.7. The normalized spacial score (nSPS) is 15.6.